The van der Waals surface area contributed by atoms with E-state index in [9.17, 15) is 0 Å². The van der Waals surface area contributed by atoms with E-state index in [0.717, 1.165) is 0 Å². The molecule has 0 unspecified atom stereocenters. The average Bonchev–Trinajstić information content (AvgIpc) is 1.54. The first-order valence-corrected chi connectivity index (χ1v) is 7.79. The molecule has 0 aliphatic carbocycles. The first-order valence-electron chi connectivity index (χ1n) is 1.50. The van der Waals surface area contributed by atoms with Gasteiger partial charge in [0.2, 0.25) is 0 Å². The van der Waals surface area contributed by atoms with E-state index in [-0.39, 0.29) is 39.6 Å². The van der Waals surface area contributed by atoms with Crippen molar-refractivity contribution in [3.63, 3.8) is 0 Å². The minimum atomic E-state index is -3.79. The third-order valence-corrected chi connectivity index (χ3v) is 0. The van der Waals surface area contributed by atoms with E-state index in [1.807, 2.05) is 0 Å². The Morgan fingerprint density at radius 1 is 0.500 bits per heavy atom. The summed E-state index contributed by atoms with van der Waals surface area (Å²) < 4.78 is 76.9. The molecule has 0 N–H and O–H groups in total. The van der Waals surface area contributed by atoms with Crippen LogP contribution < -0.4 is 25.1 Å². The monoisotopic (exact) mass is 522 g/mol. The minimum absolute atomic E-state index is 0. The molecule has 0 aromatic heterocycles. The summed E-state index contributed by atoms with van der Waals surface area (Å²) >= 11 is -11.4. The van der Waals surface area contributed by atoms with Crippen LogP contribution in [0.5, 0.6) is 0 Å². The molecule has 0 radical (unpaired) electrons. The van der Waals surface area contributed by atoms with Crippen LogP contribution in [0.25, 0.3) is 0 Å². The molecule has 14 heteroatoms. The Labute approximate surface area is 118 Å². The predicted octanol–water partition coefficient (Wildman–Crippen LogP) is -9.39. The van der Waals surface area contributed by atoms with E-state index in [2.05, 4.69) is 0 Å². The molecule has 14 heavy (non-hydrogen) atoms. The van der Waals surface area contributed by atoms with Crippen molar-refractivity contribution in [3.8, 4) is 0 Å². The molecule has 78 valence electrons. The van der Waals surface area contributed by atoms with Gasteiger partial charge in [-0.05, 0) is 0 Å². The molecule has 0 saturated heterocycles. The van der Waals surface area contributed by atoms with E-state index in [0.29, 0.717) is 0 Å². The zero-order valence-corrected chi connectivity index (χ0v) is 16.0. The summed E-state index contributed by atoms with van der Waals surface area (Å²) in [4.78, 5) is 0. The Hall–Kier alpha value is 1.99. The zero-order valence-electron chi connectivity index (χ0n) is 6.05. The fourth-order valence-electron chi connectivity index (χ4n) is 0. The third kappa shape index (κ3) is 596. The van der Waals surface area contributed by atoms with Crippen LogP contribution in [0.15, 0.2) is 0 Å². The normalized spacial score (nSPS) is 7.50. The van der Waals surface area contributed by atoms with Gasteiger partial charge in [-0.3, -0.25) is 0 Å². The van der Waals surface area contributed by atoms with Crippen molar-refractivity contribution in [2.24, 2.45) is 0 Å². The first-order chi connectivity index (χ1) is 5.20. The van der Waals surface area contributed by atoms with Crippen LogP contribution in [-0.4, -0.2) is 83.1 Å². The van der Waals surface area contributed by atoms with Crippen molar-refractivity contribution < 1.29 is 36.6 Å². The van der Waals surface area contributed by atoms with Crippen molar-refractivity contribution in [2.75, 3.05) is 0 Å². The molecular formula is Ga2O9Se3. The topological polar surface area (TPSA) is 190 Å². The summed E-state index contributed by atoms with van der Waals surface area (Å²) in [5.74, 6) is 0. The number of rotatable bonds is 0. The third-order valence-electron chi connectivity index (χ3n) is 0. The molecule has 0 aliphatic heterocycles. The SMILES string of the molecule is O=[Se]([O-])[O-].O=[Se]([O-])[O-].O=[Se]([O-])[O-].[Ga+3].[Ga+3]. The van der Waals surface area contributed by atoms with Crippen molar-refractivity contribution in [1.82, 2.24) is 0 Å². The van der Waals surface area contributed by atoms with Gasteiger partial charge in [0, 0.05) is 0 Å². The molecular weight excluding hydrogens is 520 g/mol. The Bertz CT molecular complexity index is 116. The van der Waals surface area contributed by atoms with Gasteiger partial charge in [0.15, 0.2) is 0 Å². The summed E-state index contributed by atoms with van der Waals surface area (Å²) in [5, 5.41) is 0. The van der Waals surface area contributed by atoms with Gasteiger partial charge in [-0.15, -0.1) is 0 Å². The van der Waals surface area contributed by atoms with Crippen LogP contribution in [0.3, 0.4) is 0 Å². The van der Waals surface area contributed by atoms with Gasteiger partial charge in [0.1, 0.15) is 0 Å². The van der Waals surface area contributed by atoms with Crippen LogP contribution in [-0.2, 0) is 11.5 Å². The Morgan fingerprint density at radius 2 is 0.500 bits per heavy atom. The van der Waals surface area contributed by atoms with Gasteiger partial charge in [0.05, 0.1) is 0 Å². The van der Waals surface area contributed by atoms with E-state index >= 15 is 0 Å². The van der Waals surface area contributed by atoms with Gasteiger partial charge in [-0.25, -0.2) is 0 Å². The molecule has 0 aromatic rings. The molecule has 9 nitrogen and oxygen atoms in total. The van der Waals surface area contributed by atoms with Crippen LogP contribution in [0.1, 0.15) is 0 Å². The maximum Gasteiger partial charge on any atom is 3.00 e. The second-order valence-electron chi connectivity index (χ2n) is 0.612. The van der Waals surface area contributed by atoms with E-state index in [1.165, 1.54) is 0 Å². The van der Waals surface area contributed by atoms with Gasteiger partial charge in [-0.2, -0.15) is 0 Å². The smallest absolute Gasteiger partial charge is 3.00 e. The molecule has 0 bridgehead atoms. The maximum atomic E-state index is 8.54. The maximum absolute atomic E-state index is 8.54. The fourth-order valence-corrected chi connectivity index (χ4v) is 0. The van der Waals surface area contributed by atoms with Crippen molar-refractivity contribution in [3.05, 3.63) is 0 Å². The Balaban J connectivity index is -0.0000000270. The van der Waals surface area contributed by atoms with Crippen molar-refractivity contribution in [1.29, 1.82) is 0 Å². The second-order valence-corrected chi connectivity index (χ2v) is 3.18. The quantitative estimate of drug-likeness (QED) is 0.279. The molecule has 0 saturated carbocycles. The van der Waals surface area contributed by atoms with E-state index in [4.69, 9.17) is 36.6 Å². The summed E-state index contributed by atoms with van der Waals surface area (Å²) in [5.41, 5.74) is 0. The van der Waals surface area contributed by atoms with Gasteiger partial charge in [0.25, 0.3) is 0 Å². The molecule has 0 aromatic carbocycles. The minimum Gasteiger partial charge on any atom is 3.00 e. The van der Waals surface area contributed by atoms with Crippen LogP contribution in [0.2, 0.25) is 0 Å². The summed E-state index contributed by atoms with van der Waals surface area (Å²) in [6, 6.07) is 0. The number of hydrogen-bond donors (Lipinski definition) is 0. The molecule has 0 aliphatic rings. The molecule has 0 spiro atoms. The number of hydrogen-bond acceptors (Lipinski definition) is 9. The molecule has 0 atom stereocenters. The van der Waals surface area contributed by atoms with Crippen molar-refractivity contribution in [2.45, 2.75) is 0 Å². The van der Waals surface area contributed by atoms with Crippen LogP contribution >= 0.6 is 0 Å². The van der Waals surface area contributed by atoms with Gasteiger partial charge in [-0.1, -0.05) is 0 Å². The Morgan fingerprint density at radius 3 is 0.500 bits per heavy atom. The zero-order chi connectivity index (χ0) is 10.7. The molecule has 0 heterocycles. The standard InChI is InChI=1S/2Ga.3H2O3Se/c;;3*1-4(2)3/h;;3*(H2,1,2,3)/q2*+3;;;/p-6. The largest absolute Gasteiger partial charge is 3.00 e. The molecule has 0 amide bonds. The van der Waals surface area contributed by atoms with E-state index < -0.39 is 43.5 Å². The Kier molecular flexibility index (Phi) is 51.6. The summed E-state index contributed by atoms with van der Waals surface area (Å²) in [6.07, 6.45) is 0. The summed E-state index contributed by atoms with van der Waals surface area (Å²) in [7, 11) is 0. The van der Waals surface area contributed by atoms with Crippen molar-refractivity contribution >= 4 is 83.1 Å². The predicted molar refractivity (Wildman–Crippen MR) is 30.8 cm³/mol. The molecule has 0 fully saturated rings. The van der Waals surface area contributed by atoms with Gasteiger partial charge < -0.3 is 0 Å². The van der Waals surface area contributed by atoms with Crippen LogP contribution in [0, 0.1) is 0 Å². The van der Waals surface area contributed by atoms with Gasteiger partial charge >= 0.3 is 120 Å². The first kappa shape index (κ1) is 29.7. The van der Waals surface area contributed by atoms with E-state index in [1.54, 1.807) is 0 Å². The summed E-state index contributed by atoms with van der Waals surface area (Å²) in [6.45, 7) is 0. The molecule has 0 rings (SSSR count). The average molecular weight is 520 g/mol. The second kappa shape index (κ2) is 24.3. The van der Waals surface area contributed by atoms with Crippen LogP contribution in [0.4, 0.5) is 0 Å². The fraction of sp³-hybridized carbons (Fsp3) is 0.